The van der Waals surface area contributed by atoms with Crippen LogP contribution in [0.4, 0.5) is 0 Å². The molecule has 1 fully saturated rings. The van der Waals surface area contributed by atoms with Crippen molar-refractivity contribution in [2.45, 2.75) is 38.3 Å². The molecule has 1 aliphatic rings. The van der Waals surface area contributed by atoms with Gasteiger partial charge in [0.2, 0.25) is 5.91 Å². The minimum Gasteiger partial charge on any atom is -0.353 e. The minimum atomic E-state index is 0.119. The van der Waals surface area contributed by atoms with Crippen LogP contribution in [0.3, 0.4) is 0 Å². The van der Waals surface area contributed by atoms with E-state index in [4.69, 9.17) is 11.6 Å². The number of amides is 1. The maximum Gasteiger partial charge on any atom is 0.222 e. The first-order chi connectivity index (χ1) is 10.2. The molecule has 1 heterocycles. The van der Waals surface area contributed by atoms with E-state index in [1.807, 2.05) is 18.2 Å². The van der Waals surface area contributed by atoms with E-state index in [1.54, 1.807) is 0 Å². The Morgan fingerprint density at radius 3 is 3.00 bits per heavy atom. The van der Waals surface area contributed by atoms with Gasteiger partial charge in [-0.1, -0.05) is 15.9 Å². The number of hydrogen-bond donors (Lipinski definition) is 1. The summed E-state index contributed by atoms with van der Waals surface area (Å²) >= 11 is 9.33. The molecule has 1 saturated carbocycles. The van der Waals surface area contributed by atoms with Crippen LogP contribution in [0.1, 0.15) is 25.1 Å². The Morgan fingerprint density at radius 2 is 2.29 bits per heavy atom. The summed E-state index contributed by atoms with van der Waals surface area (Å²) in [6, 6.07) is 6.43. The summed E-state index contributed by atoms with van der Waals surface area (Å²) in [6.07, 6.45) is 3.42. The molecule has 0 bridgehead atoms. The van der Waals surface area contributed by atoms with Crippen LogP contribution in [-0.2, 0) is 17.8 Å². The molecule has 0 saturated heterocycles. The van der Waals surface area contributed by atoms with Crippen molar-refractivity contribution in [1.29, 1.82) is 0 Å². The smallest absolute Gasteiger partial charge is 0.222 e. The summed E-state index contributed by atoms with van der Waals surface area (Å²) in [5, 5.41) is 3.02. The van der Waals surface area contributed by atoms with Crippen molar-refractivity contribution in [3.8, 4) is 0 Å². The number of halogens is 2. The largest absolute Gasteiger partial charge is 0.353 e. The summed E-state index contributed by atoms with van der Waals surface area (Å²) < 4.78 is 3.11. The number of rotatable bonds is 6. The van der Waals surface area contributed by atoms with Crippen molar-refractivity contribution in [2.75, 3.05) is 5.88 Å². The topological polar surface area (TPSA) is 46.9 Å². The average molecular weight is 371 g/mol. The lowest BCUT2D eigenvalue weighted by Crippen LogP contribution is -2.26. The van der Waals surface area contributed by atoms with Crippen molar-refractivity contribution < 1.29 is 4.79 Å². The van der Waals surface area contributed by atoms with Crippen LogP contribution in [0.2, 0.25) is 0 Å². The Labute approximate surface area is 137 Å². The molecule has 4 nitrogen and oxygen atoms in total. The van der Waals surface area contributed by atoms with Gasteiger partial charge in [-0.15, -0.1) is 11.6 Å². The molecule has 21 heavy (non-hydrogen) atoms. The molecule has 3 rings (SSSR count). The minimum absolute atomic E-state index is 0.119. The van der Waals surface area contributed by atoms with E-state index in [0.717, 1.165) is 34.2 Å². The summed E-state index contributed by atoms with van der Waals surface area (Å²) in [5.74, 6) is 1.59. The quantitative estimate of drug-likeness (QED) is 0.794. The first-order valence-electron chi connectivity index (χ1n) is 7.17. The van der Waals surface area contributed by atoms with Gasteiger partial charge in [0, 0.05) is 35.8 Å². The number of fused-ring (bicyclic) bond motifs is 1. The maximum atomic E-state index is 11.9. The number of alkyl halides is 1. The number of nitrogens with zero attached hydrogens (tertiary/aromatic N) is 2. The molecule has 1 aliphatic carbocycles. The summed E-state index contributed by atoms with van der Waals surface area (Å²) in [5.41, 5.74) is 1.99. The van der Waals surface area contributed by atoms with Crippen LogP contribution in [0, 0.1) is 0 Å². The maximum absolute atomic E-state index is 11.9. The second kappa shape index (κ2) is 6.36. The fourth-order valence-electron chi connectivity index (χ4n) is 2.42. The summed E-state index contributed by atoms with van der Waals surface area (Å²) in [6.45, 7) is 0.642. The van der Waals surface area contributed by atoms with Gasteiger partial charge in [0.1, 0.15) is 5.82 Å². The van der Waals surface area contributed by atoms with Crippen LogP contribution in [0.5, 0.6) is 0 Å². The fraction of sp³-hybridized carbons (Fsp3) is 0.467. The van der Waals surface area contributed by atoms with E-state index in [-0.39, 0.29) is 5.91 Å². The van der Waals surface area contributed by atoms with Gasteiger partial charge in [-0.3, -0.25) is 4.79 Å². The van der Waals surface area contributed by atoms with E-state index in [9.17, 15) is 4.79 Å². The van der Waals surface area contributed by atoms with E-state index < -0.39 is 0 Å². The SMILES string of the molecule is O=C(CCn1c(CCCl)nc2cc(Br)ccc21)NC1CC1. The zero-order chi connectivity index (χ0) is 14.8. The average Bonchev–Trinajstić information content (AvgIpc) is 3.18. The van der Waals surface area contributed by atoms with Crippen molar-refractivity contribution in [3.63, 3.8) is 0 Å². The molecular formula is C15H17BrClN3O. The predicted octanol–water partition coefficient (Wildman–Crippen LogP) is 3.25. The number of carbonyl (C=O) groups excluding carboxylic acids is 1. The Bertz CT molecular complexity index is 666. The van der Waals surface area contributed by atoms with Crippen LogP contribution < -0.4 is 5.32 Å². The second-order valence-corrected chi connectivity index (χ2v) is 6.64. The van der Waals surface area contributed by atoms with Crippen LogP contribution in [-0.4, -0.2) is 27.4 Å². The molecule has 1 amide bonds. The molecule has 6 heteroatoms. The van der Waals surface area contributed by atoms with Crippen LogP contribution >= 0.6 is 27.5 Å². The highest BCUT2D eigenvalue weighted by molar-refractivity contribution is 9.10. The lowest BCUT2D eigenvalue weighted by molar-refractivity contribution is -0.121. The van der Waals surface area contributed by atoms with Gasteiger partial charge in [0.25, 0.3) is 0 Å². The molecule has 1 aromatic heterocycles. The van der Waals surface area contributed by atoms with Gasteiger partial charge in [-0.2, -0.15) is 0 Å². The Kier molecular flexibility index (Phi) is 4.50. The molecule has 0 spiro atoms. The van der Waals surface area contributed by atoms with Gasteiger partial charge in [-0.25, -0.2) is 4.98 Å². The lowest BCUT2D eigenvalue weighted by atomic mass is 10.3. The number of aromatic nitrogens is 2. The van der Waals surface area contributed by atoms with Gasteiger partial charge in [0.05, 0.1) is 11.0 Å². The Morgan fingerprint density at radius 1 is 1.48 bits per heavy atom. The molecule has 1 aromatic carbocycles. The number of aryl methyl sites for hydroxylation is 2. The number of benzene rings is 1. The second-order valence-electron chi connectivity index (χ2n) is 5.34. The van der Waals surface area contributed by atoms with Crippen molar-refractivity contribution >= 4 is 44.5 Å². The van der Waals surface area contributed by atoms with Crippen molar-refractivity contribution in [1.82, 2.24) is 14.9 Å². The highest BCUT2D eigenvalue weighted by atomic mass is 79.9. The first-order valence-corrected chi connectivity index (χ1v) is 8.50. The molecular weight excluding hydrogens is 354 g/mol. The van der Waals surface area contributed by atoms with E-state index in [0.29, 0.717) is 31.3 Å². The number of imidazole rings is 1. The van der Waals surface area contributed by atoms with Gasteiger partial charge >= 0.3 is 0 Å². The monoisotopic (exact) mass is 369 g/mol. The third-order valence-electron chi connectivity index (χ3n) is 3.61. The zero-order valence-electron chi connectivity index (χ0n) is 11.6. The van der Waals surface area contributed by atoms with E-state index in [1.165, 1.54) is 0 Å². The summed E-state index contributed by atoms with van der Waals surface area (Å²) in [4.78, 5) is 16.5. The standard InChI is InChI=1S/C15H17BrClN3O/c16-10-1-4-13-12(9-10)19-14(5-7-17)20(13)8-6-15(21)18-11-2-3-11/h1,4,9,11H,2-3,5-8H2,(H,18,21). The lowest BCUT2D eigenvalue weighted by Gasteiger charge is -2.09. The molecule has 112 valence electrons. The predicted molar refractivity (Wildman–Crippen MR) is 87.6 cm³/mol. The molecule has 0 radical (unpaired) electrons. The van der Waals surface area contributed by atoms with Crippen LogP contribution in [0.15, 0.2) is 22.7 Å². The van der Waals surface area contributed by atoms with Gasteiger partial charge in [0.15, 0.2) is 0 Å². The van der Waals surface area contributed by atoms with Crippen molar-refractivity contribution in [2.24, 2.45) is 0 Å². The highest BCUT2D eigenvalue weighted by Crippen LogP contribution is 2.22. The first kappa shape index (κ1) is 14.9. The Balaban J connectivity index is 1.80. The number of nitrogens with one attached hydrogen (secondary N) is 1. The Hall–Kier alpha value is -1.07. The zero-order valence-corrected chi connectivity index (χ0v) is 14.0. The van der Waals surface area contributed by atoms with Crippen molar-refractivity contribution in [3.05, 3.63) is 28.5 Å². The van der Waals surface area contributed by atoms with Crippen LogP contribution in [0.25, 0.3) is 11.0 Å². The molecule has 0 atom stereocenters. The molecule has 0 unspecified atom stereocenters. The van der Waals surface area contributed by atoms with Gasteiger partial charge in [-0.05, 0) is 31.0 Å². The normalized spacial score (nSPS) is 14.6. The van der Waals surface area contributed by atoms with Gasteiger partial charge < -0.3 is 9.88 Å². The molecule has 1 N–H and O–H groups in total. The van der Waals surface area contributed by atoms with E-state index in [2.05, 4.69) is 30.8 Å². The highest BCUT2D eigenvalue weighted by Gasteiger charge is 2.23. The fourth-order valence-corrected chi connectivity index (χ4v) is 2.94. The molecule has 0 aliphatic heterocycles. The molecule has 2 aromatic rings. The van der Waals surface area contributed by atoms with E-state index >= 15 is 0 Å². The number of hydrogen-bond acceptors (Lipinski definition) is 2. The number of carbonyl (C=O) groups is 1. The summed E-state index contributed by atoms with van der Waals surface area (Å²) in [7, 11) is 0. The third-order valence-corrected chi connectivity index (χ3v) is 4.29. The third kappa shape index (κ3) is 3.58.